The van der Waals surface area contributed by atoms with Crippen molar-refractivity contribution in [1.29, 1.82) is 0 Å². The first-order valence-electron chi connectivity index (χ1n) is 5.82. The summed E-state index contributed by atoms with van der Waals surface area (Å²) in [5, 5.41) is 0. The van der Waals surface area contributed by atoms with Crippen LogP contribution >= 0.6 is 0 Å². The highest BCUT2D eigenvalue weighted by atomic mass is 14.1. The normalized spacial score (nSPS) is 22.4. The fraction of sp³-hybridized carbons (Fsp3) is 0.571. The van der Waals surface area contributed by atoms with Crippen LogP contribution < -0.4 is 0 Å². The van der Waals surface area contributed by atoms with Crippen molar-refractivity contribution in [1.82, 2.24) is 0 Å². The molecule has 1 atom stereocenters. The van der Waals surface area contributed by atoms with Crippen LogP contribution in [-0.2, 0) is 0 Å². The van der Waals surface area contributed by atoms with Gasteiger partial charge < -0.3 is 0 Å². The molecule has 0 heteroatoms. The molecule has 0 aromatic heterocycles. The molecule has 0 amide bonds. The Kier molecular flexibility index (Phi) is 5.36. The highest BCUT2D eigenvalue weighted by Gasteiger charge is 2.01. The van der Waals surface area contributed by atoms with Crippen LogP contribution in [0.15, 0.2) is 36.0 Å². The van der Waals surface area contributed by atoms with Crippen molar-refractivity contribution < 1.29 is 0 Å². The standard InChI is InChI=1S/C14H22/c1-3-4-5-6-10-14-11-8-7-9-13(2)12-14/h5-8,12-13H,3-4,9-11H2,1-2H3/b6-5-. The number of unbranched alkanes of at least 4 members (excludes halogenated alkanes) is 1. The molecule has 0 aliphatic heterocycles. The van der Waals surface area contributed by atoms with E-state index >= 15 is 0 Å². The third-order valence-corrected chi connectivity index (χ3v) is 2.58. The zero-order valence-electron chi connectivity index (χ0n) is 9.50. The Labute approximate surface area is 88.4 Å². The van der Waals surface area contributed by atoms with Gasteiger partial charge in [0.1, 0.15) is 0 Å². The third-order valence-electron chi connectivity index (χ3n) is 2.58. The molecule has 1 rings (SSSR count). The molecule has 0 saturated carbocycles. The van der Waals surface area contributed by atoms with Gasteiger partial charge in [-0.1, -0.05) is 56.2 Å². The molecule has 0 aromatic rings. The van der Waals surface area contributed by atoms with Gasteiger partial charge in [-0.05, 0) is 31.6 Å². The van der Waals surface area contributed by atoms with Crippen molar-refractivity contribution in [3.63, 3.8) is 0 Å². The topological polar surface area (TPSA) is 0 Å². The second kappa shape index (κ2) is 6.64. The summed E-state index contributed by atoms with van der Waals surface area (Å²) < 4.78 is 0. The Balaban J connectivity index is 2.38. The van der Waals surface area contributed by atoms with E-state index in [1.54, 1.807) is 5.57 Å². The van der Waals surface area contributed by atoms with Crippen LogP contribution in [0.4, 0.5) is 0 Å². The fourth-order valence-corrected chi connectivity index (χ4v) is 1.75. The molecule has 14 heavy (non-hydrogen) atoms. The molecular formula is C14H22. The Hall–Kier alpha value is -0.780. The zero-order chi connectivity index (χ0) is 10.2. The molecule has 0 nitrogen and oxygen atoms in total. The average Bonchev–Trinajstić information content (AvgIpc) is 2.38. The summed E-state index contributed by atoms with van der Waals surface area (Å²) in [4.78, 5) is 0. The third kappa shape index (κ3) is 4.45. The van der Waals surface area contributed by atoms with Crippen LogP contribution in [-0.4, -0.2) is 0 Å². The molecule has 0 saturated heterocycles. The largest absolute Gasteiger partial charge is 0.0882 e. The van der Waals surface area contributed by atoms with Crippen LogP contribution in [0.5, 0.6) is 0 Å². The molecule has 0 bridgehead atoms. The maximum atomic E-state index is 2.44. The minimum Gasteiger partial charge on any atom is -0.0882 e. The van der Waals surface area contributed by atoms with Crippen LogP contribution in [0.1, 0.15) is 46.0 Å². The molecule has 1 unspecified atom stereocenters. The summed E-state index contributed by atoms with van der Waals surface area (Å²) in [7, 11) is 0. The molecule has 0 fully saturated rings. The Morgan fingerprint density at radius 3 is 3.00 bits per heavy atom. The van der Waals surface area contributed by atoms with Gasteiger partial charge in [0.25, 0.3) is 0 Å². The Bertz CT molecular complexity index is 230. The van der Waals surface area contributed by atoms with Gasteiger partial charge in [-0.2, -0.15) is 0 Å². The Morgan fingerprint density at radius 1 is 1.36 bits per heavy atom. The molecule has 0 spiro atoms. The van der Waals surface area contributed by atoms with Crippen molar-refractivity contribution in [3.8, 4) is 0 Å². The summed E-state index contributed by atoms with van der Waals surface area (Å²) in [5.74, 6) is 0.725. The first kappa shape index (κ1) is 11.3. The predicted molar refractivity (Wildman–Crippen MR) is 64.3 cm³/mol. The molecule has 1 aliphatic rings. The van der Waals surface area contributed by atoms with Gasteiger partial charge in [0.2, 0.25) is 0 Å². The summed E-state index contributed by atoms with van der Waals surface area (Å²) in [6, 6.07) is 0. The van der Waals surface area contributed by atoms with Crippen molar-refractivity contribution in [3.05, 3.63) is 36.0 Å². The van der Waals surface area contributed by atoms with Gasteiger partial charge in [0.05, 0.1) is 0 Å². The zero-order valence-corrected chi connectivity index (χ0v) is 9.50. The van der Waals surface area contributed by atoms with Crippen LogP contribution in [0.3, 0.4) is 0 Å². The lowest BCUT2D eigenvalue weighted by atomic mass is 10.0. The van der Waals surface area contributed by atoms with E-state index in [-0.39, 0.29) is 0 Å². The number of hydrogen-bond donors (Lipinski definition) is 0. The molecule has 0 heterocycles. The lowest BCUT2D eigenvalue weighted by Crippen LogP contribution is -1.87. The number of hydrogen-bond acceptors (Lipinski definition) is 0. The highest BCUT2D eigenvalue weighted by molar-refractivity contribution is 5.15. The second-order valence-electron chi connectivity index (χ2n) is 4.18. The van der Waals surface area contributed by atoms with Gasteiger partial charge in [-0.3, -0.25) is 0 Å². The molecular weight excluding hydrogens is 168 g/mol. The van der Waals surface area contributed by atoms with Crippen molar-refractivity contribution in [2.45, 2.75) is 46.0 Å². The minimum atomic E-state index is 0.725. The SMILES string of the molecule is CCC/C=C\CC1=CC(C)CC=CC1. The molecule has 0 N–H and O–H groups in total. The second-order valence-corrected chi connectivity index (χ2v) is 4.18. The van der Waals surface area contributed by atoms with Gasteiger partial charge in [0, 0.05) is 0 Å². The van der Waals surface area contributed by atoms with E-state index < -0.39 is 0 Å². The van der Waals surface area contributed by atoms with E-state index in [2.05, 4.69) is 44.2 Å². The monoisotopic (exact) mass is 190 g/mol. The smallest absolute Gasteiger partial charge is 0.0136 e. The van der Waals surface area contributed by atoms with Crippen molar-refractivity contribution >= 4 is 0 Å². The molecule has 0 radical (unpaired) electrons. The maximum Gasteiger partial charge on any atom is -0.0136 e. The van der Waals surface area contributed by atoms with E-state index in [1.807, 2.05) is 0 Å². The molecule has 1 aliphatic carbocycles. The van der Waals surface area contributed by atoms with Gasteiger partial charge in [-0.25, -0.2) is 0 Å². The van der Waals surface area contributed by atoms with Gasteiger partial charge >= 0.3 is 0 Å². The number of allylic oxidation sites excluding steroid dienone is 6. The Morgan fingerprint density at radius 2 is 2.21 bits per heavy atom. The quantitative estimate of drug-likeness (QED) is 0.566. The fourth-order valence-electron chi connectivity index (χ4n) is 1.75. The summed E-state index contributed by atoms with van der Waals surface area (Å²) >= 11 is 0. The van der Waals surface area contributed by atoms with E-state index in [4.69, 9.17) is 0 Å². The van der Waals surface area contributed by atoms with E-state index in [0.717, 1.165) is 18.8 Å². The van der Waals surface area contributed by atoms with Crippen molar-refractivity contribution in [2.75, 3.05) is 0 Å². The summed E-state index contributed by atoms with van der Waals surface area (Å²) in [5.41, 5.74) is 1.58. The van der Waals surface area contributed by atoms with E-state index in [0.29, 0.717) is 0 Å². The van der Waals surface area contributed by atoms with Crippen molar-refractivity contribution in [2.24, 2.45) is 5.92 Å². The maximum absolute atomic E-state index is 2.44. The molecule has 0 aromatic carbocycles. The van der Waals surface area contributed by atoms with Crippen LogP contribution in [0.25, 0.3) is 0 Å². The summed E-state index contributed by atoms with van der Waals surface area (Å²) in [6.07, 6.45) is 17.7. The number of rotatable bonds is 4. The van der Waals surface area contributed by atoms with E-state index in [9.17, 15) is 0 Å². The molecule has 78 valence electrons. The van der Waals surface area contributed by atoms with Gasteiger partial charge in [-0.15, -0.1) is 0 Å². The first-order chi connectivity index (χ1) is 6.83. The van der Waals surface area contributed by atoms with Crippen LogP contribution in [0.2, 0.25) is 0 Å². The highest BCUT2D eigenvalue weighted by Crippen LogP contribution is 2.19. The minimum absolute atomic E-state index is 0.725. The average molecular weight is 190 g/mol. The lowest BCUT2D eigenvalue weighted by molar-refractivity contribution is 0.740. The first-order valence-corrected chi connectivity index (χ1v) is 5.82. The predicted octanol–water partition coefficient (Wildman–Crippen LogP) is 4.65. The van der Waals surface area contributed by atoms with Crippen LogP contribution in [0, 0.1) is 5.92 Å². The lowest BCUT2D eigenvalue weighted by Gasteiger charge is -2.03. The van der Waals surface area contributed by atoms with Gasteiger partial charge in [0.15, 0.2) is 0 Å². The summed E-state index contributed by atoms with van der Waals surface area (Å²) in [6.45, 7) is 4.52. The van der Waals surface area contributed by atoms with E-state index in [1.165, 1.54) is 19.3 Å².